The number of hydrogen-bond acceptors (Lipinski definition) is 4. The first-order valence-electron chi connectivity index (χ1n) is 5.70. The van der Waals surface area contributed by atoms with Gasteiger partial charge in [-0.25, -0.2) is 9.59 Å². The Bertz CT molecular complexity index is 414. The highest BCUT2D eigenvalue weighted by molar-refractivity contribution is 6.00. The smallest absolute Gasteiger partial charge is 0.375 e. The van der Waals surface area contributed by atoms with Crippen LogP contribution in [0.2, 0.25) is 0 Å². The standard InChI is InChI=1S/C12H14O5/c13-11(14)9-6-7-16-10(9)12(15)17-8-4-2-1-3-5-8/h6-8H,1-5H2,(H,13,14). The molecule has 0 aromatic carbocycles. The van der Waals surface area contributed by atoms with E-state index in [0.29, 0.717) is 0 Å². The Morgan fingerprint density at radius 2 is 2.00 bits per heavy atom. The fourth-order valence-electron chi connectivity index (χ4n) is 2.02. The molecule has 1 aromatic heterocycles. The van der Waals surface area contributed by atoms with Gasteiger partial charge in [-0.15, -0.1) is 0 Å². The maximum atomic E-state index is 11.7. The molecule has 0 amide bonds. The second kappa shape index (κ2) is 5.03. The topological polar surface area (TPSA) is 76.7 Å². The first-order chi connectivity index (χ1) is 8.18. The van der Waals surface area contributed by atoms with E-state index in [1.165, 1.54) is 12.3 Å². The molecule has 0 bridgehead atoms. The zero-order valence-electron chi connectivity index (χ0n) is 9.35. The SMILES string of the molecule is O=C(O)c1ccoc1C(=O)OC1CCCCC1. The van der Waals surface area contributed by atoms with Crippen molar-refractivity contribution in [3.8, 4) is 0 Å². The van der Waals surface area contributed by atoms with E-state index in [1.807, 2.05) is 0 Å². The van der Waals surface area contributed by atoms with Crippen LogP contribution in [0, 0.1) is 0 Å². The second-order valence-electron chi connectivity index (χ2n) is 4.13. The molecule has 0 aliphatic heterocycles. The molecule has 2 rings (SSSR count). The highest BCUT2D eigenvalue weighted by Gasteiger charge is 2.25. The molecule has 0 radical (unpaired) electrons. The fourth-order valence-corrected chi connectivity index (χ4v) is 2.02. The third kappa shape index (κ3) is 2.67. The lowest BCUT2D eigenvalue weighted by Gasteiger charge is -2.21. The van der Waals surface area contributed by atoms with Crippen molar-refractivity contribution in [1.29, 1.82) is 0 Å². The molecular weight excluding hydrogens is 224 g/mol. The highest BCUT2D eigenvalue weighted by Crippen LogP contribution is 2.22. The van der Waals surface area contributed by atoms with Crippen LogP contribution >= 0.6 is 0 Å². The number of carboxylic acid groups (broad SMARTS) is 1. The zero-order chi connectivity index (χ0) is 12.3. The highest BCUT2D eigenvalue weighted by atomic mass is 16.6. The van der Waals surface area contributed by atoms with Crippen molar-refractivity contribution in [1.82, 2.24) is 0 Å². The summed E-state index contributed by atoms with van der Waals surface area (Å²) < 4.78 is 10.1. The van der Waals surface area contributed by atoms with Crippen LogP contribution in [0.1, 0.15) is 53.0 Å². The quantitative estimate of drug-likeness (QED) is 0.818. The van der Waals surface area contributed by atoms with E-state index < -0.39 is 11.9 Å². The van der Waals surface area contributed by atoms with Gasteiger partial charge >= 0.3 is 11.9 Å². The Balaban J connectivity index is 2.03. The van der Waals surface area contributed by atoms with Gasteiger partial charge in [0.25, 0.3) is 0 Å². The number of carbonyl (C=O) groups excluding carboxylic acids is 1. The van der Waals surface area contributed by atoms with Crippen molar-refractivity contribution in [2.75, 3.05) is 0 Å². The van der Waals surface area contributed by atoms with Gasteiger partial charge in [0.2, 0.25) is 5.76 Å². The maximum Gasteiger partial charge on any atom is 0.375 e. The molecule has 5 nitrogen and oxygen atoms in total. The number of ether oxygens (including phenoxy) is 1. The van der Waals surface area contributed by atoms with Gasteiger partial charge < -0.3 is 14.3 Å². The number of carboxylic acids is 1. The molecule has 0 atom stereocenters. The van der Waals surface area contributed by atoms with Crippen molar-refractivity contribution < 1.29 is 23.8 Å². The van der Waals surface area contributed by atoms with Crippen LogP contribution in [-0.2, 0) is 4.74 Å². The average Bonchev–Trinajstić information content (AvgIpc) is 2.79. The van der Waals surface area contributed by atoms with Gasteiger partial charge in [0.15, 0.2) is 0 Å². The number of furan rings is 1. The van der Waals surface area contributed by atoms with Gasteiger partial charge in [0.1, 0.15) is 11.7 Å². The minimum atomic E-state index is -1.19. The Labute approximate surface area is 98.4 Å². The summed E-state index contributed by atoms with van der Waals surface area (Å²) in [5, 5.41) is 8.84. The van der Waals surface area contributed by atoms with Gasteiger partial charge in [-0.05, 0) is 31.7 Å². The molecule has 92 valence electrons. The summed E-state index contributed by atoms with van der Waals surface area (Å²) in [5.41, 5.74) is -0.147. The first-order valence-corrected chi connectivity index (χ1v) is 5.70. The minimum Gasteiger partial charge on any atom is -0.478 e. The van der Waals surface area contributed by atoms with Crippen molar-refractivity contribution in [3.05, 3.63) is 23.7 Å². The normalized spacial score (nSPS) is 16.7. The molecule has 1 saturated carbocycles. The monoisotopic (exact) mass is 238 g/mol. The Morgan fingerprint density at radius 3 is 2.65 bits per heavy atom. The van der Waals surface area contributed by atoms with E-state index in [4.69, 9.17) is 14.3 Å². The van der Waals surface area contributed by atoms with E-state index in [-0.39, 0.29) is 17.4 Å². The van der Waals surface area contributed by atoms with Crippen LogP contribution in [0.25, 0.3) is 0 Å². The average molecular weight is 238 g/mol. The van der Waals surface area contributed by atoms with Crippen LogP contribution in [-0.4, -0.2) is 23.1 Å². The summed E-state index contributed by atoms with van der Waals surface area (Å²) in [6.07, 6.45) is 6.01. The predicted octanol–water partition coefficient (Wildman–Crippen LogP) is 2.47. The number of carbonyl (C=O) groups is 2. The Kier molecular flexibility index (Phi) is 3.46. The van der Waals surface area contributed by atoms with Crippen LogP contribution < -0.4 is 0 Å². The third-order valence-electron chi connectivity index (χ3n) is 2.91. The van der Waals surface area contributed by atoms with Crippen molar-refractivity contribution >= 4 is 11.9 Å². The zero-order valence-corrected chi connectivity index (χ0v) is 9.35. The van der Waals surface area contributed by atoms with E-state index in [1.54, 1.807) is 0 Å². The van der Waals surface area contributed by atoms with Crippen molar-refractivity contribution in [2.24, 2.45) is 0 Å². The van der Waals surface area contributed by atoms with E-state index >= 15 is 0 Å². The minimum absolute atomic E-state index is 0.108. The number of hydrogen-bond donors (Lipinski definition) is 1. The van der Waals surface area contributed by atoms with Gasteiger partial charge in [-0.1, -0.05) is 6.42 Å². The maximum absolute atomic E-state index is 11.7. The molecule has 1 aliphatic carbocycles. The summed E-state index contributed by atoms with van der Waals surface area (Å²) >= 11 is 0. The van der Waals surface area contributed by atoms with E-state index in [0.717, 1.165) is 32.1 Å². The third-order valence-corrected chi connectivity index (χ3v) is 2.91. The lowest BCUT2D eigenvalue weighted by molar-refractivity contribution is 0.0172. The molecule has 0 saturated heterocycles. The molecule has 0 spiro atoms. The summed E-state index contributed by atoms with van der Waals surface area (Å²) in [6, 6.07) is 1.25. The molecule has 0 unspecified atom stereocenters. The molecule has 1 N–H and O–H groups in total. The summed E-state index contributed by atoms with van der Waals surface area (Å²) in [4.78, 5) is 22.5. The van der Waals surface area contributed by atoms with E-state index in [9.17, 15) is 9.59 Å². The van der Waals surface area contributed by atoms with E-state index in [2.05, 4.69) is 0 Å². The van der Waals surface area contributed by atoms with Gasteiger partial charge in [0, 0.05) is 0 Å². The molecule has 1 heterocycles. The Morgan fingerprint density at radius 1 is 1.29 bits per heavy atom. The van der Waals surface area contributed by atoms with Gasteiger partial charge in [-0.2, -0.15) is 0 Å². The van der Waals surface area contributed by atoms with Crippen LogP contribution in [0.4, 0.5) is 0 Å². The lowest BCUT2D eigenvalue weighted by Crippen LogP contribution is -2.21. The van der Waals surface area contributed by atoms with Gasteiger partial charge in [0.05, 0.1) is 6.26 Å². The number of esters is 1. The van der Waals surface area contributed by atoms with Crippen molar-refractivity contribution in [3.63, 3.8) is 0 Å². The first kappa shape index (κ1) is 11.7. The number of aromatic carboxylic acids is 1. The summed E-state index contributed by atoms with van der Waals surface area (Å²) in [7, 11) is 0. The van der Waals surface area contributed by atoms with Crippen LogP contribution in [0.15, 0.2) is 16.7 Å². The molecule has 17 heavy (non-hydrogen) atoms. The molecular formula is C12H14O5. The number of rotatable bonds is 3. The second-order valence-corrected chi connectivity index (χ2v) is 4.13. The Hall–Kier alpha value is -1.78. The molecule has 1 aromatic rings. The van der Waals surface area contributed by atoms with Gasteiger partial charge in [-0.3, -0.25) is 0 Å². The van der Waals surface area contributed by atoms with Crippen LogP contribution in [0.5, 0.6) is 0 Å². The summed E-state index contributed by atoms with van der Waals surface area (Å²) in [5.74, 6) is -2.09. The van der Waals surface area contributed by atoms with Crippen molar-refractivity contribution in [2.45, 2.75) is 38.2 Å². The summed E-state index contributed by atoms with van der Waals surface area (Å²) in [6.45, 7) is 0. The predicted molar refractivity (Wildman–Crippen MR) is 58.0 cm³/mol. The molecule has 5 heteroatoms. The largest absolute Gasteiger partial charge is 0.478 e. The lowest BCUT2D eigenvalue weighted by atomic mass is 9.98. The molecule has 1 aliphatic rings. The molecule has 1 fully saturated rings. The van der Waals surface area contributed by atoms with Crippen LogP contribution in [0.3, 0.4) is 0 Å². The fraction of sp³-hybridized carbons (Fsp3) is 0.500.